The number of carbonyl (C=O) groups is 1. The molecule has 1 fully saturated rings. The number of piperidine rings is 1. The first kappa shape index (κ1) is 19.5. The SMILES string of the molecule is CCCn1c(=O)n(CCC(=O)N2CCC(N)CC2)c2ccccc21.Cl. The Bertz CT molecular complexity index is 775. The number of hydrogen-bond donors (Lipinski definition) is 1. The summed E-state index contributed by atoms with van der Waals surface area (Å²) in [6.45, 7) is 4.64. The van der Waals surface area contributed by atoms with Gasteiger partial charge in [-0.25, -0.2) is 4.79 Å². The van der Waals surface area contributed by atoms with Crippen LogP contribution in [-0.2, 0) is 17.9 Å². The molecule has 2 aromatic rings. The normalized spacial score (nSPS) is 15.4. The van der Waals surface area contributed by atoms with Crippen LogP contribution in [-0.4, -0.2) is 39.1 Å². The molecule has 7 heteroatoms. The van der Waals surface area contributed by atoms with Gasteiger partial charge in [0.1, 0.15) is 0 Å². The monoisotopic (exact) mass is 366 g/mol. The fraction of sp³-hybridized carbons (Fsp3) is 0.556. The van der Waals surface area contributed by atoms with Crippen molar-refractivity contribution in [3.05, 3.63) is 34.7 Å². The Hall–Kier alpha value is -1.79. The first-order valence-electron chi connectivity index (χ1n) is 8.83. The molecule has 3 rings (SSSR count). The summed E-state index contributed by atoms with van der Waals surface area (Å²) in [5.41, 5.74) is 7.72. The van der Waals surface area contributed by atoms with Crippen molar-refractivity contribution in [1.29, 1.82) is 0 Å². The van der Waals surface area contributed by atoms with Crippen molar-refractivity contribution in [3.8, 4) is 0 Å². The highest BCUT2D eigenvalue weighted by molar-refractivity contribution is 5.85. The number of benzene rings is 1. The van der Waals surface area contributed by atoms with Crippen molar-refractivity contribution in [1.82, 2.24) is 14.0 Å². The van der Waals surface area contributed by atoms with Gasteiger partial charge in [0.25, 0.3) is 0 Å². The van der Waals surface area contributed by atoms with Crippen LogP contribution in [0.25, 0.3) is 11.0 Å². The number of para-hydroxylation sites is 2. The van der Waals surface area contributed by atoms with Gasteiger partial charge in [-0.3, -0.25) is 13.9 Å². The number of aromatic nitrogens is 2. The summed E-state index contributed by atoms with van der Waals surface area (Å²) in [5, 5.41) is 0. The predicted octanol–water partition coefficient (Wildman–Crippen LogP) is 1.97. The Morgan fingerprint density at radius 3 is 2.24 bits per heavy atom. The zero-order chi connectivity index (χ0) is 17.1. The van der Waals surface area contributed by atoms with E-state index in [1.54, 1.807) is 9.13 Å². The summed E-state index contributed by atoms with van der Waals surface area (Å²) >= 11 is 0. The summed E-state index contributed by atoms with van der Waals surface area (Å²) in [4.78, 5) is 27.0. The molecule has 0 aliphatic carbocycles. The van der Waals surface area contributed by atoms with Crippen molar-refractivity contribution in [2.75, 3.05) is 13.1 Å². The molecule has 2 heterocycles. The molecule has 0 saturated carbocycles. The number of carbonyl (C=O) groups excluding carboxylic acids is 1. The topological polar surface area (TPSA) is 73.3 Å². The highest BCUT2D eigenvalue weighted by atomic mass is 35.5. The molecule has 0 bridgehead atoms. The second-order valence-electron chi connectivity index (χ2n) is 6.54. The summed E-state index contributed by atoms with van der Waals surface area (Å²) in [5.74, 6) is 0.112. The zero-order valence-corrected chi connectivity index (χ0v) is 15.5. The van der Waals surface area contributed by atoms with Crippen molar-refractivity contribution in [2.45, 2.75) is 51.7 Å². The second kappa shape index (κ2) is 8.54. The number of amides is 1. The van der Waals surface area contributed by atoms with E-state index in [-0.39, 0.29) is 30.0 Å². The summed E-state index contributed by atoms with van der Waals surface area (Å²) in [7, 11) is 0. The van der Waals surface area contributed by atoms with Gasteiger partial charge < -0.3 is 10.6 Å². The minimum Gasteiger partial charge on any atom is -0.343 e. The molecule has 0 spiro atoms. The van der Waals surface area contributed by atoms with Crippen LogP contribution >= 0.6 is 12.4 Å². The maximum Gasteiger partial charge on any atom is 0.329 e. The standard InChI is InChI=1S/C18H26N4O2.ClH/c1-2-10-21-15-5-3-4-6-16(15)22(18(21)24)13-9-17(23)20-11-7-14(19)8-12-20;/h3-6,14H,2,7-13,19H2,1H3;1H. The van der Waals surface area contributed by atoms with Gasteiger partial charge in [0.15, 0.2) is 0 Å². The molecule has 138 valence electrons. The number of imidazole rings is 1. The van der Waals surface area contributed by atoms with E-state index in [1.165, 1.54) is 0 Å². The molecule has 1 saturated heterocycles. The van der Waals surface area contributed by atoms with Crippen LogP contribution in [0, 0.1) is 0 Å². The Balaban J connectivity index is 0.00000225. The lowest BCUT2D eigenvalue weighted by atomic mass is 10.1. The molecular formula is C18H27ClN4O2. The molecular weight excluding hydrogens is 340 g/mol. The molecule has 1 aromatic carbocycles. The first-order valence-corrected chi connectivity index (χ1v) is 8.83. The van der Waals surface area contributed by atoms with Gasteiger partial charge in [-0.05, 0) is 31.4 Å². The molecule has 25 heavy (non-hydrogen) atoms. The van der Waals surface area contributed by atoms with Crippen LogP contribution in [0.1, 0.15) is 32.6 Å². The van der Waals surface area contributed by atoms with E-state index in [0.717, 1.165) is 43.4 Å². The Kier molecular flexibility index (Phi) is 6.67. The number of fused-ring (bicyclic) bond motifs is 1. The summed E-state index contributed by atoms with van der Waals surface area (Å²) < 4.78 is 3.54. The lowest BCUT2D eigenvalue weighted by Gasteiger charge is -2.30. The number of hydrogen-bond acceptors (Lipinski definition) is 3. The number of rotatable bonds is 5. The molecule has 0 unspecified atom stereocenters. The number of halogens is 1. The minimum atomic E-state index is -0.0217. The first-order chi connectivity index (χ1) is 11.6. The van der Waals surface area contributed by atoms with Gasteiger partial charge in [-0.15, -0.1) is 12.4 Å². The molecule has 1 aliphatic rings. The molecule has 0 atom stereocenters. The van der Waals surface area contributed by atoms with E-state index in [1.807, 2.05) is 29.2 Å². The summed E-state index contributed by atoms with van der Waals surface area (Å²) in [6, 6.07) is 8.01. The Morgan fingerprint density at radius 1 is 1.12 bits per heavy atom. The Labute approximate surface area is 154 Å². The molecule has 1 aromatic heterocycles. The van der Waals surface area contributed by atoms with Crippen LogP contribution in [0.4, 0.5) is 0 Å². The van der Waals surface area contributed by atoms with Crippen molar-refractivity contribution >= 4 is 29.3 Å². The van der Waals surface area contributed by atoms with Gasteiger partial charge in [0, 0.05) is 38.6 Å². The number of likely N-dealkylation sites (tertiary alicyclic amines) is 1. The number of nitrogens with two attached hydrogens (primary N) is 1. The van der Waals surface area contributed by atoms with Crippen LogP contribution in [0.2, 0.25) is 0 Å². The zero-order valence-electron chi connectivity index (χ0n) is 14.7. The van der Waals surface area contributed by atoms with Gasteiger partial charge >= 0.3 is 5.69 Å². The van der Waals surface area contributed by atoms with Crippen LogP contribution in [0.15, 0.2) is 29.1 Å². The van der Waals surface area contributed by atoms with E-state index in [0.29, 0.717) is 19.5 Å². The average Bonchev–Trinajstić information content (AvgIpc) is 2.86. The van der Waals surface area contributed by atoms with Crippen molar-refractivity contribution < 1.29 is 4.79 Å². The van der Waals surface area contributed by atoms with E-state index in [2.05, 4.69) is 6.92 Å². The fourth-order valence-electron chi connectivity index (χ4n) is 3.44. The molecule has 2 N–H and O–H groups in total. The van der Waals surface area contributed by atoms with Gasteiger partial charge in [0.2, 0.25) is 5.91 Å². The number of aryl methyl sites for hydroxylation is 2. The lowest BCUT2D eigenvalue weighted by Crippen LogP contribution is -2.43. The highest BCUT2D eigenvalue weighted by Crippen LogP contribution is 2.15. The lowest BCUT2D eigenvalue weighted by molar-refractivity contribution is -0.132. The van der Waals surface area contributed by atoms with E-state index in [4.69, 9.17) is 5.73 Å². The molecule has 1 aliphatic heterocycles. The van der Waals surface area contributed by atoms with Crippen LogP contribution in [0.3, 0.4) is 0 Å². The summed E-state index contributed by atoms with van der Waals surface area (Å²) in [6.07, 6.45) is 2.99. The highest BCUT2D eigenvalue weighted by Gasteiger charge is 2.21. The van der Waals surface area contributed by atoms with Crippen molar-refractivity contribution in [3.63, 3.8) is 0 Å². The van der Waals surface area contributed by atoms with Gasteiger partial charge in [-0.2, -0.15) is 0 Å². The predicted molar refractivity (Wildman–Crippen MR) is 102 cm³/mol. The average molecular weight is 367 g/mol. The van der Waals surface area contributed by atoms with Gasteiger partial charge in [-0.1, -0.05) is 19.1 Å². The van der Waals surface area contributed by atoms with E-state index in [9.17, 15) is 9.59 Å². The number of nitrogens with zero attached hydrogens (tertiary/aromatic N) is 3. The van der Waals surface area contributed by atoms with Gasteiger partial charge in [0.05, 0.1) is 11.0 Å². The third-order valence-corrected chi connectivity index (χ3v) is 4.81. The van der Waals surface area contributed by atoms with Crippen LogP contribution < -0.4 is 11.4 Å². The third kappa shape index (κ3) is 4.07. The smallest absolute Gasteiger partial charge is 0.329 e. The minimum absolute atomic E-state index is 0. The molecule has 6 nitrogen and oxygen atoms in total. The van der Waals surface area contributed by atoms with E-state index < -0.39 is 0 Å². The Morgan fingerprint density at radius 2 is 1.68 bits per heavy atom. The molecule has 1 amide bonds. The second-order valence-corrected chi connectivity index (χ2v) is 6.54. The maximum absolute atomic E-state index is 12.7. The maximum atomic E-state index is 12.7. The van der Waals surface area contributed by atoms with Crippen LogP contribution in [0.5, 0.6) is 0 Å². The third-order valence-electron chi connectivity index (χ3n) is 4.81. The molecule has 0 radical (unpaired) electrons. The van der Waals surface area contributed by atoms with E-state index >= 15 is 0 Å². The quantitative estimate of drug-likeness (QED) is 0.879. The fourth-order valence-corrected chi connectivity index (χ4v) is 3.44. The van der Waals surface area contributed by atoms with Crippen molar-refractivity contribution in [2.24, 2.45) is 5.73 Å². The largest absolute Gasteiger partial charge is 0.343 e.